The summed E-state index contributed by atoms with van der Waals surface area (Å²) in [6, 6.07) is 0. The van der Waals surface area contributed by atoms with Crippen molar-refractivity contribution in [1.29, 1.82) is 0 Å². The van der Waals surface area contributed by atoms with Crippen molar-refractivity contribution >= 4 is 11.9 Å². The van der Waals surface area contributed by atoms with Crippen LogP contribution in [0.15, 0.2) is 0 Å². The normalized spacial score (nSPS) is 21.0. The van der Waals surface area contributed by atoms with E-state index in [1.165, 1.54) is 0 Å². The highest BCUT2D eigenvalue weighted by Gasteiger charge is 2.49. The van der Waals surface area contributed by atoms with Crippen molar-refractivity contribution in [3.05, 3.63) is 17.0 Å². The molecular formula is C17H27N3O3. The van der Waals surface area contributed by atoms with Gasteiger partial charge < -0.3 is 9.64 Å². The lowest BCUT2D eigenvalue weighted by atomic mass is 9.76. The molecule has 1 aromatic rings. The maximum Gasteiger partial charge on any atom is 0.314 e. The summed E-state index contributed by atoms with van der Waals surface area (Å²) in [6.07, 6.45) is 0.990. The van der Waals surface area contributed by atoms with Crippen LogP contribution in [0.5, 0.6) is 0 Å². The van der Waals surface area contributed by atoms with Crippen LogP contribution in [0, 0.1) is 25.2 Å². The van der Waals surface area contributed by atoms with Gasteiger partial charge in [-0.25, -0.2) is 0 Å². The summed E-state index contributed by atoms with van der Waals surface area (Å²) in [4.78, 5) is 26.9. The van der Waals surface area contributed by atoms with Gasteiger partial charge in [-0.15, -0.1) is 0 Å². The van der Waals surface area contributed by atoms with Crippen LogP contribution >= 0.6 is 0 Å². The maximum absolute atomic E-state index is 12.6. The van der Waals surface area contributed by atoms with Crippen LogP contribution in [-0.2, 0) is 20.7 Å². The molecular weight excluding hydrogens is 294 g/mol. The largest absolute Gasteiger partial charge is 0.466 e. The van der Waals surface area contributed by atoms with Gasteiger partial charge in [-0.3, -0.25) is 14.7 Å². The van der Waals surface area contributed by atoms with E-state index < -0.39 is 5.41 Å². The van der Waals surface area contributed by atoms with E-state index in [2.05, 4.69) is 10.2 Å². The maximum atomic E-state index is 12.6. The van der Waals surface area contributed by atoms with Gasteiger partial charge in [0.25, 0.3) is 0 Å². The van der Waals surface area contributed by atoms with E-state index in [1.54, 1.807) is 4.90 Å². The first-order chi connectivity index (χ1) is 10.8. The predicted molar refractivity (Wildman–Crippen MR) is 86.9 cm³/mol. The molecule has 1 aliphatic rings. The molecule has 0 bridgehead atoms. The smallest absolute Gasteiger partial charge is 0.314 e. The van der Waals surface area contributed by atoms with Gasteiger partial charge in [0, 0.05) is 24.3 Å². The Morgan fingerprint density at radius 3 is 2.61 bits per heavy atom. The van der Waals surface area contributed by atoms with Gasteiger partial charge in [-0.2, -0.15) is 5.10 Å². The molecule has 1 saturated heterocycles. The zero-order valence-electron chi connectivity index (χ0n) is 14.7. The van der Waals surface area contributed by atoms with Crippen LogP contribution in [0.4, 0.5) is 0 Å². The number of esters is 1. The Kier molecular flexibility index (Phi) is 5.12. The van der Waals surface area contributed by atoms with Gasteiger partial charge in [0.15, 0.2) is 0 Å². The number of nitrogens with one attached hydrogen (secondary N) is 1. The Morgan fingerprint density at radius 1 is 1.39 bits per heavy atom. The van der Waals surface area contributed by atoms with E-state index in [-0.39, 0.29) is 17.8 Å². The van der Waals surface area contributed by atoms with Gasteiger partial charge in [0.05, 0.1) is 24.1 Å². The van der Waals surface area contributed by atoms with Crippen molar-refractivity contribution in [2.75, 3.05) is 19.7 Å². The van der Waals surface area contributed by atoms with Crippen LogP contribution in [0.25, 0.3) is 0 Å². The number of carbonyl (C=O) groups excluding carboxylic acids is 2. The fourth-order valence-electron chi connectivity index (χ4n) is 3.29. The number of aromatic nitrogens is 2. The highest BCUT2D eigenvalue weighted by Crippen LogP contribution is 2.39. The van der Waals surface area contributed by atoms with Gasteiger partial charge in [-0.05, 0) is 33.1 Å². The molecule has 1 fully saturated rings. The molecule has 6 nitrogen and oxygen atoms in total. The van der Waals surface area contributed by atoms with E-state index in [1.807, 2.05) is 34.6 Å². The minimum Gasteiger partial charge on any atom is -0.466 e. The molecule has 0 spiro atoms. The predicted octanol–water partition coefficient (Wildman–Crippen LogP) is 2.01. The second kappa shape index (κ2) is 6.72. The molecule has 23 heavy (non-hydrogen) atoms. The van der Waals surface area contributed by atoms with Crippen molar-refractivity contribution < 1.29 is 14.3 Å². The van der Waals surface area contributed by atoms with E-state index >= 15 is 0 Å². The summed E-state index contributed by atoms with van der Waals surface area (Å²) in [6.45, 7) is 11.1. The Bertz CT molecular complexity index is 574. The fraction of sp³-hybridized carbons (Fsp3) is 0.706. The molecule has 1 N–H and O–H groups in total. The van der Waals surface area contributed by atoms with Crippen LogP contribution in [0.2, 0.25) is 0 Å². The Morgan fingerprint density at radius 2 is 2.09 bits per heavy atom. The Labute approximate surface area is 137 Å². The Hall–Kier alpha value is -1.85. The quantitative estimate of drug-likeness (QED) is 0.842. The number of rotatable bonds is 5. The average molecular weight is 321 g/mol. The SMILES string of the molecule is CCOC(=O)C1(C(C)C)CCN(C(=O)Cc2c(C)n[nH]c2C)C1. The van der Waals surface area contributed by atoms with E-state index in [0.717, 1.165) is 17.0 Å². The number of hydrogen-bond donors (Lipinski definition) is 1. The third kappa shape index (κ3) is 3.26. The molecule has 128 valence electrons. The number of aryl methyl sites for hydroxylation is 2. The third-order valence-corrected chi connectivity index (χ3v) is 5.05. The summed E-state index contributed by atoms with van der Waals surface area (Å²) in [5.41, 5.74) is 2.16. The molecule has 0 radical (unpaired) electrons. The molecule has 2 heterocycles. The van der Waals surface area contributed by atoms with E-state index in [4.69, 9.17) is 4.74 Å². The molecule has 0 aromatic carbocycles. The van der Waals surface area contributed by atoms with Crippen molar-refractivity contribution in [3.8, 4) is 0 Å². The summed E-state index contributed by atoms with van der Waals surface area (Å²) in [5.74, 6) is 0.00198. The number of hydrogen-bond acceptors (Lipinski definition) is 4. The zero-order valence-corrected chi connectivity index (χ0v) is 14.7. The second-order valence-electron chi connectivity index (χ2n) is 6.69. The third-order valence-electron chi connectivity index (χ3n) is 5.05. The molecule has 0 aliphatic carbocycles. The van der Waals surface area contributed by atoms with Crippen molar-refractivity contribution in [1.82, 2.24) is 15.1 Å². The number of carbonyl (C=O) groups is 2. The summed E-state index contributed by atoms with van der Waals surface area (Å²) >= 11 is 0. The van der Waals surface area contributed by atoms with Crippen molar-refractivity contribution in [2.45, 2.75) is 47.5 Å². The van der Waals surface area contributed by atoms with Crippen LogP contribution < -0.4 is 0 Å². The van der Waals surface area contributed by atoms with Gasteiger partial charge in [-0.1, -0.05) is 13.8 Å². The molecule has 1 aromatic heterocycles. The van der Waals surface area contributed by atoms with E-state index in [0.29, 0.717) is 32.5 Å². The van der Waals surface area contributed by atoms with E-state index in [9.17, 15) is 9.59 Å². The number of ether oxygens (including phenoxy) is 1. The molecule has 1 aliphatic heterocycles. The highest BCUT2D eigenvalue weighted by atomic mass is 16.5. The summed E-state index contributed by atoms with van der Waals surface area (Å²) in [7, 11) is 0. The first-order valence-corrected chi connectivity index (χ1v) is 8.27. The molecule has 1 atom stereocenters. The van der Waals surface area contributed by atoms with Gasteiger partial charge in [0.2, 0.25) is 5.91 Å². The Balaban J connectivity index is 2.11. The lowest BCUT2D eigenvalue weighted by molar-refractivity contribution is -0.157. The number of amides is 1. The lowest BCUT2D eigenvalue weighted by Gasteiger charge is -2.30. The van der Waals surface area contributed by atoms with Crippen molar-refractivity contribution in [3.63, 3.8) is 0 Å². The molecule has 0 saturated carbocycles. The van der Waals surface area contributed by atoms with Crippen LogP contribution in [0.1, 0.15) is 44.1 Å². The number of nitrogens with zero attached hydrogens (tertiary/aromatic N) is 2. The molecule has 6 heteroatoms. The average Bonchev–Trinajstić information content (AvgIpc) is 3.07. The monoisotopic (exact) mass is 321 g/mol. The summed E-state index contributed by atoms with van der Waals surface area (Å²) < 4.78 is 5.27. The van der Waals surface area contributed by atoms with Crippen molar-refractivity contribution in [2.24, 2.45) is 11.3 Å². The zero-order chi connectivity index (χ0) is 17.2. The highest BCUT2D eigenvalue weighted by molar-refractivity contribution is 5.83. The number of likely N-dealkylation sites (tertiary alicyclic amines) is 1. The first-order valence-electron chi connectivity index (χ1n) is 8.27. The minimum absolute atomic E-state index is 0.0458. The molecule has 1 unspecified atom stereocenters. The van der Waals surface area contributed by atoms with Gasteiger partial charge >= 0.3 is 5.97 Å². The number of H-pyrrole nitrogens is 1. The lowest BCUT2D eigenvalue weighted by Crippen LogP contribution is -2.42. The van der Waals surface area contributed by atoms with Gasteiger partial charge in [0.1, 0.15) is 0 Å². The summed E-state index contributed by atoms with van der Waals surface area (Å²) in [5, 5.41) is 7.04. The molecule has 1 amide bonds. The second-order valence-corrected chi connectivity index (χ2v) is 6.69. The first kappa shape index (κ1) is 17.5. The standard InChI is InChI=1S/C17H27N3O3/c1-6-23-16(22)17(11(2)3)7-8-20(10-17)15(21)9-14-12(4)18-19-13(14)5/h11H,6-10H2,1-5H3,(H,18,19). The fourth-order valence-corrected chi connectivity index (χ4v) is 3.29. The van der Waals surface area contributed by atoms with Crippen LogP contribution in [-0.4, -0.2) is 46.7 Å². The minimum atomic E-state index is -0.577. The van der Waals surface area contributed by atoms with Crippen LogP contribution in [0.3, 0.4) is 0 Å². The number of aromatic amines is 1. The topological polar surface area (TPSA) is 75.3 Å². The molecule has 2 rings (SSSR count).